The average molecular weight is 577 g/mol. The molecule has 220 valence electrons. The van der Waals surface area contributed by atoms with Crippen LogP contribution in [-0.4, -0.2) is 91.6 Å². The van der Waals surface area contributed by atoms with E-state index in [2.05, 4.69) is 4.90 Å². The van der Waals surface area contributed by atoms with Crippen molar-refractivity contribution in [3.8, 4) is 34.5 Å². The first kappa shape index (κ1) is 29.8. The minimum atomic E-state index is -1.20. The molecule has 0 spiro atoms. The third-order valence-electron chi connectivity index (χ3n) is 6.88. The zero-order chi connectivity index (χ0) is 30.4. The van der Waals surface area contributed by atoms with Gasteiger partial charge in [0.1, 0.15) is 0 Å². The van der Waals surface area contributed by atoms with Crippen LogP contribution in [-0.2, 0) is 20.7 Å². The average Bonchev–Trinajstić information content (AvgIpc) is 2.96. The van der Waals surface area contributed by atoms with Gasteiger partial charge in [0.2, 0.25) is 0 Å². The number of hydrogen-bond donors (Lipinski definition) is 6. The lowest BCUT2D eigenvalue weighted by molar-refractivity contribution is -0.157. The lowest BCUT2D eigenvalue weighted by atomic mass is 10.0. The van der Waals surface area contributed by atoms with E-state index in [4.69, 9.17) is 4.74 Å². The fourth-order valence-electron chi connectivity index (χ4n) is 4.41. The summed E-state index contributed by atoms with van der Waals surface area (Å²) in [5.74, 6) is -3.36. The molecule has 11 nitrogen and oxygen atoms in total. The number of hydrogen-bond acceptors (Lipinski definition) is 10. The molecule has 6 N–H and O–H groups in total. The van der Waals surface area contributed by atoms with Gasteiger partial charge in [-0.1, -0.05) is 24.3 Å². The number of nitrogens with zero attached hydrogens (tertiary/aromatic N) is 2. The van der Waals surface area contributed by atoms with Crippen molar-refractivity contribution < 1.29 is 45.0 Å². The molecule has 1 amide bonds. The molecule has 1 fully saturated rings. The maximum absolute atomic E-state index is 13.4. The number of benzene rings is 3. The van der Waals surface area contributed by atoms with Crippen molar-refractivity contribution in [2.24, 2.45) is 0 Å². The van der Waals surface area contributed by atoms with Crippen LogP contribution in [0.1, 0.15) is 22.3 Å². The van der Waals surface area contributed by atoms with Gasteiger partial charge >= 0.3 is 5.97 Å². The minimum Gasteiger partial charge on any atom is -0.504 e. The van der Waals surface area contributed by atoms with E-state index in [9.17, 15) is 40.2 Å². The van der Waals surface area contributed by atoms with Crippen molar-refractivity contribution in [3.63, 3.8) is 0 Å². The fraction of sp³-hybridized carbons (Fsp3) is 0.226. The molecule has 3 aromatic rings. The predicted octanol–water partition coefficient (Wildman–Crippen LogP) is 3.03. The van der Waals surface area contributed by atoms with E-state index in [0.29, 0.717) is 42.9 Å². The number of phenolic OH excluding ortho intramolecular Hbond substituents is 6. The van der Waals surface area contributed by atoms with Crippen LogP contribution in [0.5, 0.6) is 34.5 Å². The number of rotatable bonds is 8. The molecule has 0 aromatic heterocycles. The van der Waals surface area contributed by atoms with Gasteiger partial charge in [-0.3, -0.25) is 4.79 Å². The molecule has 1 atom stereocenters. The number of amides is 1. The Morgan fingerprint density at radius 2 is 1.43 bits per heavy atom. The Morgan fingerprint density at radius 3 is 2.10 bits per heavy atom. The highest BCUT2D eigenvalue weighted by Gasteiger charge is 2.30. The van der Waals surface area contributed by atoms with Crippen LogP contribution in [0.25, 0.3) is 18.2 Å². The van der Waals surface area contributed by atoms with Gasteiger partial charge in [0.25, 0.3) is 5.91 Å². The minimum absolute atomic E-state index is 0.0357. The molecule has 3 aromatic carbocycles. The number of carbonyl (C=O) groups excluding carboxylic acids is 2. The Kier molecular flexibility index (Phi) is 9.23. The van der Waals surface area contributed by atoms with Crippen molar-refractivity contribution in [2.45, 2.75) is 12.5 Å². The molecular weight excluding hydrogens is 544 g/mol. The van der Waals surface area contributed by atoms with E-state index < -0.39 is 23.6 Å². The molecule has 0 saturated carbocycles. The van der Waals surface area contributed by atoms with Crippen molar-refractivity contribution in [1.82, 2.24) is 9.80 Å². The molecular formula is C31H32N2O9. The molecule has 1 saturated heterocycles. The highest BCUT2D eigenvalue weighted by molar-refractivity contribution is 5.92. The molecule has 4 rings (SSSR count). The summed E-state index contributed by atoms with van der Waals surface area (Å²) in [6.45, 7) is 2.25. The number of carbonyl (C=O) groups is 2. The Labute approximate surface area is 242 Å². The smallest absolute Gasteiger partial charge is 0.331 e. The van der Waals surface area contributed by atoms with Gasteiger partial charge in [0, 0.05) is 44.2 Å². The zero-order valence-corrected chi connectivity index (χ0v) is 22.8. The van der Waals surface area contributed by atoms with E-state index in [1.165, 1.54) is 66.8 Å². The van der Waals surface area contributed by atoms with Gasteiger partial charge in [-0.15, -0.1) is 0 Å². The standard InChI is InChI=1S/C31H32N2O9/c1-32-12-14-33(15-13-32)31(41)28(18-20-4-9-24(35)27(38)17-20)42-29(39)11-6-21-5-10-25(36)30(40)22(21)7-2-19-3-8-23(34)26(37)16-19/h2-11,16-17,28,34-38,40H,12-15,18H2,1H3/b7-2+,11-6+. The van der Waals surface area contributed by atoms with E-state index in [1.54, 1.807) is 4.90 Å². The third-order valence-corrected chi connectivity index (χ3v) is 6.88. The second-order valence-electron chi connectivity index (χ2n) is 9.93. The van der Waals surface area contributed by atoms with Crippen LogP contribution >= 0.6 is 0 Å². The lowest BCUT2D eigenvalue weighted by Crippen LogP contribution is -2.51. The molecule has 1 unspecified atom stereocenters. The molecule has 11 heteroatoms. The van der Waals surface area contributed by atoms with E-state index in [-0.39, 0.29) is 40.9 Å². The summed E-state index contributed by atoms with van der Waals surface area (Å²) in [6.07, 6.45) is 4.20. The highest BCUT2D eigenvalue weighted by Crippen LogP contribution is 2.34. The normalized spacial score (nSPS) is 14.8. The Hall–Kier alpha value is -5.16. The summed E-state index contributed by atoms with van der Waals surface area (Å²) >= 11 is 0. The molecule has 1 aliphatic rings. The highest BCUT2D eigenvalue weighted by atomic mass is 16.5. The summed E-state index contributed by atoms with van der Waals surface area (Å²) in [5, 5.41) is 59.3. The zero-order valence-electron chi connectivity index (χ0n) is 22.8. The van der Waals surface area contributed by atoms with Gasteiger partial charge in [-0.05, 0) is 66.2 Å². The Balaban J connectivity index is 1.55. The molecule has 42 heavy (non-hydrogen) atoms. The SMILES string of the molecule is CN1CCN(C(=O)C(Cc2ccc(O)c(O)c2)OC(=O)/C=C/c2ccc(O)c(O)c2/C=C/c2ccc(O)c(O)c2)CC1. The van der Waals surface area contributed by atoms with Crippen LogP contribution in [0.3, 0.4) is 0 Å². The number of ether oxygens (including phenoxy) is 1. The number of aromatic hydroxyl groups is 6. The fourth-order valence-corrected chi connectivity index (χ4v) is 4.41. The number of phenols is 6. The van der Waals surface area contributed by atoms with Crippen molar-refractivity contribution in [1.29, 1.82) is 0 Å². The van der Waals surface area contributed by atoms with Gasteiger partial charge < -0.3 is 45.2 Å². The van der Waals surface area contributed by atoms with Gasteiger partial charge in [-0.25, -0.2) is 4.79 Å². The number of esters is 1. The van der Waals surface area contributed by atoms with Gasteiger partial charge in [0.15, 0.2) is 40.6 Å². The van der Waals surface area contributed by atoms with Crippen LogP contribution in [0.15, 0.2) is 54.6 Å². The largest absolute Gasteiger partial charge is 0.504 e. The first-order valence-electron chi connectivity index (χ1n) is 13.1. The Bertz CT molecular complexity index is 1530. The molecule has 1 heterocycles. The first-order chi connectivity index (χ1) is 20.0. The van der Waals surface area contributed by atoms with Crippen LogP contribution in [0, 0.1) is 0 Å². The topological polar surface area (TPSA) is 171 Å². The quantitative estimate of drug-likeness (QED) is 0.101. The summed E-state index contributed by atoms with van der Waals surface area (Å²) < 4.78 is 5.58. The maximum atomic E-state index is 13.4. The number of likely N-dealkylation sites (N-methyl/N-ethyl adjacent to an activating group) is 1. The predicted molar refractivity (Wildman–Crippen MR) is 155 cm³/mol. The maximum Gasteiger partial charge on any atom is 0.331 e. The molecule has 0 aliphatic carbocycles. The summed E-state index contributed by atoms with van der Waals surface area (Å²) in [6, 6.07) is 11.0. The van der Waals surface area contributed by atoms with E-state index >= 15 is 0 Å². The summed E-state index contributed by atoms with van der Waals surface area (Å²) in [7, 11) is 1.95. The van der Waals surface area contributed by atoms with Gasteiger partial charge in [-0.2, -0.15) is 0 Å². The second-order valence-corrected chi connectivity index (χ2v) is 9.93. The lowest BCUT2D eigenvalue weighted by Gasteiger charge is -2.34. The monoisotopic (exact) mass is 576 g/mol. The van der Waals surface area contributed by atoms with Crippen LogP contribution in [0.2, 0.25) is 0 Å². The Morgan fingerprint density at radius 1 is 0.786 bits per heavy atom. The van der Waals surface area contributed by atoms with Crippen molar-refractivity contribution in [2.75, 3.05) is 33.2 Å². The van der Waals surface area contributed by atoms with E-state index in [1.807, 2.05) is 7.05 Å². The number of piperazine rings is 1. The van der Waals surface area contributed by atoms with Crippen molar-refractivity contribution in [3.05, 3.63) is 76.9 Å². The summed E-state index contributed by atoms with van der Waals surface area (Å²) in [5.41, 5.74) is 1.47. The van der Waals surface area contributed by atoms with E-state index in [0.717, 1.165) is 6.08 Å². The summed E-state index contributed by atoms with van der Waals surface area (Å²) in [4.78, 5) is 30.0. The van der Waals surface area contributed by atoms with Crippen LogP contribution < -0.4 is 0 Å². The third kappa shape index (κ3) is 7.32. The molecule has 0 radical (unpaired) electrons. The second kappa shape index (κ2) is 13.0. The van der Waals surface area contributed by atoms with Gasteiger partial charge in [0.05, 0.1) is 0 Å². The molecule has 0 bridgehead atoms. The first-order valence-corrected chi connectivity index (χ1v) is 13.1. The van der Waals surface area contributed by atoms with Crippen molar-refractivity contribution >= 4 is 30.1 Å². The van der Waals surface area contributed by atoms with Crippen LogP contribution in [0.4, 0.5) is 0 Å². The molecule has 1 aliphatic heterocycles.